The maximum absolute atomic E-state index is 12.7. The largest absolute Gasteiger partial charge is 0.399 e. The summed E-state index contributed by atoms with van der Waals surface area (Å²) in [6.45, 7) is 0.660. The third-order valence-corrected chi connectivity index (χ3v) is 4.40. The highest BCUT2D eigenvalue weighted by atomic mass is 35.5. The van der Waals surface area contributed by atoms with E-state index < -0.39 is 0 Å². The summed E-state index contributed by atoms with van der Waals surface area (Å²) in [5.74, 6) is 0.00935. The van der Waals surface area contributed by atoms with Gasteiger partial charge in [-0.1, -0.05) is 17.7 Å². The molecule has 0 unspecified atom stereocenters. The summed E-state index contributed by atoms with van der Waals surface area (Å²) in [5.41, 5.74) is 6.86. The van der Waals surface area contributed by atoms with Gasteiger partial charge < -0.3 is 10.6 Å². The quantitative estimate of drug-likeness (QED) is 0.874. The van der Waals surface area contributed by atoms with Crippen LogP contribution in [0.2, 0.25) is 5.02 Å². The SMILES string of the molecule is Nc1cc(Cl)cc(C(=O)N(Cc2cccs2)C2CC2)c1. The fourth-order valence-corrected chi connectivity index (χ4v) is 3.17. The first-order chi connectivity index (χ1) is 9.63. The maximum atomic E-state index is 12.7. The summed E-state index contributed by atoms with van der Waals surface area (Å²) in [4.78, 5) is 15.8. The van der Waals surface area contributed by atoms with E-state index in [9.17, 15) is 4.79 Å². The summed E-state index contributed by atoms with van der Waals surface area (Å²) in [5, 5.41) is 2.53. The van der Waals surface area contributed by atoms with Gasteiger partial charge in [-0.3, -0.25) is 4.79 Å². The highest BCUT2D eigenvalue weighted by molar-refractivity contribution is 7.09. The van der Waals surface area contributed by atoms with Crippen LogP contribution in [0.25, 0.3) is 0 Å². The number of amides is 1. The van der Waals surface area contributed by atoms with E-state index in [2.05, 4.69) is 6.07 Å². The lowest BCUT2D eigenvalue weighted by Crippen LogP contribution is -2.32. The van der Waals surface area contributed by atoms with E-state index in [0.717, 1.165) is 12.8 Å². The number of hydrogen-bond acceptors (Lipinski definition) is 3. The molecule has 1 aliphatic carbocycles. The highest BCUT2D eigenvalue weighted by Gasteiger charge is 2.33. The normalized spacial score (nSPS) is 14.2. The van der Waals surface area contributed by atoms with E-state index in [-0.39, 0.29) is 5.91 Å². The molecule has 0 aliphatic heterocycles. The molecule has 1 aliphatic rings. The number of carbonyl (C=O) groups excluding carboxylic acids is 1. The van der Waals surface area contributed by atoms with E-state index in [4.69, 9.17) is 17.3 Å². The molecule has 1 saturated carbocycles. The van der Waals surface area contributed by atoms with Crippen LogP contribution in [-0.4, -0.2) is 16.8 Å². The van der Waals surface area contributed by atoms with Crippen LogP contribution in [0, 0.1) is 0 Å². The van der Waals surface area contributed by atoms with Crippen molar-refractivity contribution in [3.8, 4) is 0 Å². The maximum Gasteiger partial charge on any atom is 0.254 e. The number of rotatable bonds is 4. The lowest BCUT2D eigenvalue weighted by Gasteiger charge is -2.22. The monoisotopic (exact) mass is 306 g/mol. The Hall–Kier alpha value is -1.52. The summed E-state index contributed by atoms with van der Waals surface area (Å²) in [6.07, 6.45) is 2.15. The minimum absolute atomic E-state index is 0.00935. The first-order valence-electron chi connectivity index (χ1n) is 6.53. The number of hydrogen-bond donors (Lipinski definition) is 1. The molecule has 20 heavy (non-hydrogen) atoms. The van der Waals surface area contributed by atoms with Crippen LogP contribution in [0.1, 0.15) is 28.1 Å². The van der Waals surface area contributed by atoms with Crippen LogP contribution in [0.15, 0.2) is 35.7 Å². The van der Waals surface area contributed by atoms with Crippen molar-refractivity contribution in [3.05, 3.63) is 51.2 Å². The molecule has 2 aromatic rings. The predicted molar refractivity (Wildman–Crippen MR) is 83.1 cm³/mol. The first kappa shape index (κ1) is 13.5. The molecular formula is C15H15ClN2OS. The molecule has 0 spiro atoms. The minimum Gasteiger partial charge on any atom is -0.399 e. The third kappa shape index (κ3) is 2.97. The molecule has 5 heteroatoms. The van der Waals surface area contributed by atoms with Gasteiger partial charge in [0.1, 0.15) is 0 Å². The molecule has 1 fully saturated rings. The van der Waals surface area contributed by atoms with E-state index in [0.29, 0.717) is 28.9 Å². The number of nitrogen functional groups attached to an aromatic ring is 1. The lowest BCUT2D eigenvalue weighted by atomic mass is 10.1. The predicted octanol–water partition coefficient (Wildman–Crippen LogP) is 3.79. The van der Waals surface area contributed by atoms with Gasteiger partial charge in [-0.05, 0) is 42.5 Å². The van der Waals surface area contributed by atoms with E-state index in [1.165, 1.54) is 4.88 Å². The number of benzene rings is 1. The number of nitrogens with zero attached hydrogens (tertiary/aromatic N) is 1. The second-order valence-corrected chi connectivity index (χ2v) is 6.49. The van der Waals surface area contributed by atoms with Crippen molar-refractivity contribution in [2.24, 2.45) is 0 Å². The number of nitrogens with two attached hydrogens (primary N) is 1. The molecule has 0 atom stereocenters. The molecule has 2 N–H and O–H groups in total. The van der Waals surface area contributed by atoms with Crippen LogP contribution in [0.3, 0.4) is 0 Å². The smallest absolute Gasteiger partial charge is 0.254 e. The second-order valence-electron chi connectivity index (χ2n) is 5.02. The van der Waals surface area contributed by atoms with Crippen molar-refractivity contribution < 1.29 is 4.79 Å². The molecule has 1 amide bonds. The topological polar surface area (TPSA) is 46.3 Å². The molecule has 1 heterocycles. The minimum atomic E-state index is 0.00935. The standard InChI is InChI=1S/C15H15ClN2OS/c16-11-6-10(7-12(17)8-11)15(19)18(13-3-4-13)9-14-2-1-5-20-14/h1-2,5-8,13H,3-4,9,17H2. The Morgan fingerprint density at radius 3 is 2.80 bits per heavy atom. The van der Waals surface area contributed by atoms with Crippen molar-refractivity contribution in [1.29, 1.82) is 0 Å². The van der Waals surface area contributed by atoms with Crippen LogP contribution in [0.5, 0.6) is 0 Å². The second kappa shape index (κ2) is 5.46. The van der Waals surface area contributed by atoms with Crippen molar-refractivity contribution in [3.63, 3.8) is 0 Å². The van der Waals surface area contributed by atoms with Gasteiger partial charge in [0.2, 0.25) is 0 Å². The molecule has 1 aromatic carbocycles. The van der Waals surface area contributed by atoms with Gasteiger partial charge in [-0.15, -0.1) is 11.3 Å². The average Bonchev–Trinajstić information content (AvgIpc) is 3.11. The Balaban J connectivity index is 1.85. The Kier molecular flexibility index (Phi) is 3.68. The van der Waals surface area contributed by atoms with Crippen molar-refractivity contribution in [2.75, 3.05) is 5.73 Å². The Morgan fingerprint density at radius 1 is 1.40 bits per heavy atom. The zero-order chi connectivity index (χ0) is 14.1. The van der Waals surface area contributed by atoms with E-state index in [1.807, 2.05) is 16.3 Å². The van der Waals surface area contributed by atoms with E-state index >= 15 is 0 Å². The molecule has 104 valence electrons. The van der Waals surface area contributed by atoms with Gasteiger partial charge in [0, 0.05) is 27.2 Å². The van der Waals surface area contributed by atoms with Crippen molar-refractivity contribution >= 4 is 34.5 Å². The summed E-state index contributed by atoms with van der Waals surface area (Å²) in [7, 11) is 0. The van der Waals surface area contributed by atoms with Crippen molar-refractivity contribution in [2.45, 2.75) is 25.4 Å². The number of anilines is 1. The Morgan fingerprint density at radius 2 is 2.20 bits per heavy atom. The number of carbonyl (C=O) groups is 1. The summed E-state index contributed by atoms with van der Waals surface area (Å²) >= 11 is 7.66. The van der Waals surface area contributed by atoms with Gasteiger partial charge in [0.05, 0.1) is 6.54 Å². The Labute approximate surface area is 127 Å². The molecule has 0 saturated heterocycles. The van der Waals surface area contributed by atoms with Crippen molar-refractivity contribution in [1.82, 2.24) is 4.90 Å². The van der Waals surface area contributed by atoms with Gasteiger partial charge in [0.25, 0.3) is 5.91 Å². The number of thiophene rings is 1. The fourth-order valence-electron chi connectivity index (χ4n) is 2.22. The summed E-state index contributed by atoms with van der Waals surface area (Å²) < 4.78 is 0. The van der Waals surface area contributed by atoms with Crippen LogP contribution in [0.4, 0.5) is 5.69 Å². The number of halogens is 1. The van der Waals surface area contributed by atoms with Gasteiger partial charge in [-0.2, -0.15) is 0 Å². The Bertz CT molecular complexity index is 603. The highest BCUT2D eigenvalue weighted by Crippen LogP contribution is 2.31. The molecular weight excluding hydrogens is 292 g/mol. The van der Waals surface area contributed by atoms with E-state index in [1.54, 1.807) is 29.5 Å². The van der Waals surface area contributed by atoms with Crippen LogP contribution < -0.4 is 5.73 Å². The van der Waals surface area contributed by atoms with Gasteiger partial charge in [0.15, 0.2) is 0 Å². The average molecular weight is 307 g/mol. The fraction of sp³-hybridized carbons (Fsp3) is 0.267. The molecule has 1 aromatic heterocycles. The third-order valence-electron chi connectivity index (χ3n) is 3.32. The van der Waals surface area contributed by atoms with Gasteiger partial charge in [-0.25, -0.2) is 0 Å². The molecule has 0 bridgehead atoms. The van der Waals surface area contributed by atoms with Crippen LogP contribution >= 0.6 is 22.9 Å². The molecule has 3 nitrogen and oxygen atoms in total. The lowest BCUT2D eigenvalue weighted by molar-refractivity contribution is 0.0732. The van der Waals surface area contributed by atoms with Gasteiger partial charge >= 0.3 is 0 Å². The zero-order valence-corrected chi connectivity index (χ0v) is 12.5. The molecule has 0 radical (unpaired) electrons. The molecule has 3 rings (SSSR count). The first-order valence-corrected chi connectivity index (χ1v) is 7.78. The van der Waals surface area contributed by atoms with Crippen LogP contribution in [-0.2, 0) is 6.54 Å². The summed E-state index contributed by atoms with van der Waals surface area (Å²) in [6, 6.07) is 9.44. The zero-order valence-electron chi connectivity index (χ0n) is 10.9.